The van der Waals surface area contributed by atoms with Gasteiger partial charge in [0.1, 0.15) is 0 Å². The van der Waals surface area contributed by atoms with Gasteiger partial charge in [-0.05, 0) is 32.7 Å². The largest absolute Gasteiger partial charge is 0.377 e. The van der Waals surface area contributed by atoms with Gasteiger partial charge in [-0.3, -0.25) is 0 Å². The quantitative estimate of drug-likeness (QED) is 0.634. The Hall–Kier alpha value is 0.400. The Kier molecular flexibility index (Phi) is 8.77. The molecule has 2 nitrogen and oxygen atoms in total. The highest BCUT2D eigenvalue weighted by Crippen LogP contribution is 2.14. The van der Waals surface area contributed by atoms with Crippen molar-refractivity contribution < 1.29 is 4.74 Å². The van der Waals surface area contributed by atoms with Gasteiger partial charge in [0.2, 0.25) is 0 Å². The van der Waals surface area contributed by atoms with Crippen molar-refractivity contribution in [2.75, 3.05) is 32.1 Å². The van der Waals surface area contributed by atoms with Crippen LogP contribution in [0.1, 0.15) is 27.7 Å². The van der Waals surface area contributed by atoms with Crippen molar-refractivity contribution in [3.05, 3.63) is 0 Å². The van der Waals surface area contributed by atoms with E-state index in [1.807, 2.05) is 0 Å². The number of hydrogen-bond acceptors (Lipinski definition) is 2. The smallest absolute Gasteiger partial charge is 0.0596 e. The van der Waals surface area contributed by atoms with Crippen LogP contribution in [0.2, 0.25) is 0 Å². The van der Waals surface area contributed by atoms with E-state index < -0.39 is 0 Å². The first-order valence-corrected chi connectivity index (χ1v) is 6.95. The van der Waals surface area contributed by atoms with Crippen molar-refractivity contribution in [1.29, 1.82) is 0 Å². The van der Waals surface area contributed by atoms with Crippen LogP contribution in [0.5, 0.6) is 0 Å². The Morgan fingerprint density at radius 3 is 2.20 bits per heavy atom. The van der Waals surface area contributed by atoms with E-state index in [0.29, 0.717) is 6.10 Å². The minimum atomic E-state index is 0.343. The molecule has 1 atom stereocenters. The van der Waals surface area contributed by atoms with Crippen molar-refractivity contribution >= 4 is 15.9 Å². The molecule has 0 saturated heterocycles. The third kappa shape index (κ3) is 8.23. The van der Waals surface area contributed by atoms with E-state index in [1.165, 1.54) is 0 Å². The first-order valence-electron chi connectivity index (χ1n) is 5.83. The van der Waals surface area contributed by atoms with Crippen molar-refractivity contribution in [3.63, 3.8) is 0 Å². The molecule has 0 spiro atoms. The van der Waals surface area contributed by atoms with E-state index in [4.69, 9.17) is 4.74 Å². The summed E-state index contributed by atoms with van der Waals surface area (Å²) < 4.78 is 5.53. The average Bonchev–Trinajstić information content (AvgIpc) is 2.13. The molecule has 0 N–H and O–H groups in total. The first-order chi connectivity index (χ1) is 6.97. The maximum atomic E-state index is 5.53. The zero-order chi connectivity index (χ0) is 11.8. The molecular weight excluding hydrogens is 254 g/mol. The van der Waals surface area contributed by atoms with Crippen LogP contribution in [0, 0.1) is 11.8 Å². The van der Waals surface area contributed by atoms with Crippen molar-refractivity contribution in [2.24, 2.45) is 11.8 Å². The molecule has 0 aromatic carbocycles. The van der Waals surface area contributed by atoms with Crippen LogP contribution in [0.3, 0.4) is 0 Å². The highest BCUT2D eigenvalue weighted by molar-refractivity contribution is 9.09. The fraction of sp³-hybridized carbons (Fsp3) is 1.00. The van der Waals surface area contributed by atoms with Gasteiger partial charge in [0.05, 0.1) is 12.7 Å². The van der Waals surface area contributed by atoms with Crippen LogP contribution in [-0.2, 0) is 4.74 Å². The number of alkyl halides is 1. The molecule has 1 unspecified atom stereocenters. The van der Waals surface area contributed by atoms with Gasteiger partial charge in [-0.1, -0.05) is 29.8 Å². The summed E-state index contributed by atoms with van der Waals surface area (Å²) in [5, 5.41) is 1.08. The average molecular weight is 280 g/mol. The predicted octanol–water partition coefficient (Wildman–Crippen LogP) is 3.01. The number of halogens is 1. The monoisotopic (exact) mass is 279 g/mol. The molecule has 0 rings (SSSR count). The molecule has 0 bridgehead atoms. The van der Waals surface area contributed by atoms with Gasteiger partial charge < -0.3 is 9.64 Å². The van der Waals surface area contributed by atoms with Gasteiger partial charge >= 0.3 is 0 Å². The van der Waals surface area contributed by atoms with E-state index in [9.17, 15) is 0 Å². The number of likely N-dealkylation sites (N-methyl/N-ethyl adjacent to an activating group) is 1. The molecule has 0 heterocycles. The highest BCUT2D eigenvalue weighted by Gasteiger charge is 2.14. The summed E-state index contributed by atoms with van der Waals surface area (Å²) in [5.41, 5.74) is 0. The summed E-state index contributed by atoms with van der Waals surface area (Å²) in [7, 11) is 2.17. The number of hydrogen-bond donors (Lipinski definition) is 0. The molecule has 0 radical (unpaired) electrons. The SMILES string of the molecule is CC(C)OCCN(C)CC(CBr)C(C)C. The van der Waals surface area contributed by atoms with Gasteiger partial charge in [-0.2, -0.15) is 0 Å². The lowest BCUT2D eigenvalue weighted by Gasteiger charge is -2.25. The van der Waals surface area contributed by atoms with Gasteiger partial charge in [-0.15, -0.1) is 0 Å². The molecule has 0 aliphatic carbocycles. The molecule has 0 amide bonds. The third-order valence-electron chi connectivity index (χ3n) is 2.61. The Morgan fingerprint density at radius 2 is 1.80 bits per heavy atom. The maximum Gasteiger partial charge on any atom is 0.0596 e. The molecule has 3 heteroatoms. The van der Waals surface area contributed by atoms with E-state index in [-0.39, 0.29) is 0 Å². The van der Waals surface area contributed by atoms with Crippen LogP contribution < -0.4 is 0 Å². The highest BCUT2D eigenvalue weighted by atomic mass is 79.9. The Labute approximate surface area is 103 Å². The second-order valence-corrected chi connectivity index (χ2v) is 5.49. The fourth-order valence-electron chi connectivity index (χ4n) is 1.37. The number of nitrogens with zero attached hydrogens (tertiary/aromatic N) is 1. The summed E-state index contributed by atoms with van der Waals surface area (Å²) >= 11 is 3.58. The third-order valence-corrected chi connectivity index (χ3v) is 3.44. The molecule has 15 heavy (non-hydrogen) atoms. The van der Waals surface area contributed by atoms with Gasteiger partial charge in [0, 0.05) is 18.4 Å². The van der Waals surface area contributed by atoms with Crippen molar-refractivity contribution in [1.82, 2.24) is 4.90 Å². The lowest BCUT2D eigenvalue weighted by molar-refractivity contribution is 0.0605. The molecule has 0 fully saturated rings. The molecule has 0 saturated carbocycles. The second-order valence-electron chi connectivity index (χ2n) is 4.84. The predicted molar refractivity (Wildman–Crippen MR) is 70.7 cm³/mol. The summed E-state index contributed by atoms with van der Waals surface area (Å²) in [6, 6.07) is 0. The van der Waals surface area contributed by atoms with E-state index >= 15 is 0 Å². The van der Waals surface area contributed by atoms with E-state index in [2.05, 4.69) is 55.6 Å². The molecule has 0 aromatic rings. The Morgan fingerprint density at radius 1 is 1.20 bits per heavy atom. The van der Waals surface area contributed by atoms with Crippen LogP contribution in [0.15, 0.2) is 0 Å². The van der Waals surface area contributed by atoms with Crippen molar-refractivity contribution in [2.45, 2.75) is 33.8 Å². The first kappa shape index (κ1) is 15.4. The van der Waals surface area contributed by atoms with Gasteiger partial charge in [-0.25, -0.2) is 0 Å². The van der Waals surface area contributed by atoms with E-state index in [1.54, 1.807) is 0 Å². The number of rotatable bonds is 8. The lowest BCUT2D eigenvalue weighted by atomic mass is 9.98. The molecule has 0 aliphatic heterocycles. The Bertz CT molecular complexity index is 151. The standard InChI is InChI=1S/C12H26BrNO/c1-10(2)12(8-13)9-14(5)6-7-15-11(3)4/h10-12H,6-9H2,1-5H3. The molecule has 0 aromatic heterocycles. The summed E-state index contributed by atoms with van der Waals surface area (Å²) in [6.45, 7) is 11.7. The van der Waals surface area contributed by atoms with Crippen LogP contribution in [0.4, 0.5) is 0 Å². The minimum Gasteiger partial charge on any atom is -0.377 e. The zero-order valence-electron chi connectivity index (χ0n) is 10.8. The van der Waals surface area contributed by atoms with E-state index in [0.717, 1.165) is 36.9 Å². The van der Waals surface area contributed by atoms with Crippen molar-refractivity contribution in [3.8, 4) is 0 Å². The molecular formula is C12H26BrNO. The fourth-order valence-corrected chi connectivity index (χ4v) is 2.33. The van der Waals surface area contributed by atoms with Crippen LogP contribution >= 0.6 is 15.9 Å². The minimum absolute atomic E-state index is 0.343. The number of ether oxygens (including phenoxy) is 1. The Balaban J connectivity index is 3.66. The van der Waals surface area contributed by atoms with Gasteiger partial charge in [0.25, 0.3) is 0 Å². The normalized spacial score (nSPS) is 14.2. The molecule has 92 valence electrons. The second kappa shape index (κ2) is 8.54. The van der Waals surface area contributed by atoms with Crippen LogP contribution in [-0.4, -0.2) is 43.1 Å². The topological polar surface area (TPSA) is 12.5 Å². The van der Waals surface area contributed by atoms with Crippen LogP contribution in [0.25, 0.3) is 0 Å². The maximum absolute atomic E-state index is 5.53. The zero-order valence-corrected chi connectivity index (χ0v) is 12.4. The molecule has 0 aliphatic rings. The summed E-state index contributed by atoms with van der Waals surface area (Å²) in [6.07, 6.45) is 0.343. The summed E-state index contributed by atoms with van der Waals surface area (Å²) in [5.74, 6) is 1.46. The summed E-state index contributed by atoms with van der Waals surface area (Å²) in [4.78, 5) is 2.36. The lowest BCUT2D eigenvalue weighted by Crippen LogP contribution is -2.32. The van der Waals surface area contributed by atoms with Gasteiger partial charge in [0.15, 0.2) is 0 Å².